The van der Waals surface area contributed by atoms with Crippen LogP contribution < -0.4 is 9.47 Å². The van der Waals surface area contributed by atoms with Crippen LogP contribution in [-0.2, 0) is 11.4 Å². The molecule has 1 heterocycles. The number of hydrogen-bond donors (Lipinski definition) is 1. The summed E-state index contributed by atoms with van der Waals surface area (Å²) in [6, 6.07) is 14.6. The number of rotatable bonds is 8. The second-order valence-corrected chi connectivity index (χ2v) is 6.16. The molecule has 0 aliphatic rings. The quantitative estimate of drug-likeness (QED) is 0.435. The van der Waals surface area contributed by atoms with E-state index < -0.39 is 5.97 Å². The fraction of sp³-hybridized carbons (Fsp3) is 0.130. The van der Waals surface area contributed by atoms with Gasteiger partial charge in [-0.2, -0.15) is 0 Å². The molecule has 0 bridgehead atoms. The van der Waals surface area contributed by atoms with Gasteiger partial charge in [-0.25, -0.2) is 9.78 Å². The predicted molar refractivity (Wildman–Crippen MR) is 110 cm³/mol. The van der Waals surface area contributed by atoms with Crippen LogP contribution in [0, 0.1) is 6.92 Å². The van der Waals surface area contributed by atoms with Crippen LogP contribution in [0.4, 0.5) is 0 Å². The Kier molecular flexibility index (Phi) is 6.14. The van der Waals surface area contributed by atoms with Crippen molar-refractivity contribution in [3.05, 3.63) is 84.3 Å². The van der Waals surface area contributed by atoms with Crippen molar-refractivity contribution >= 4 is 11.5 Å². The minimum atomic E-state index is -1.05. The average Bonchev–Trinajstić information content (AvgIpc) is 3.11. The monoisotopic (exact) mass is 391 g/mol. The molecule has 29 heavy (non-hydrogen) atoms. The van der Waals surface area contributed by atoms with Gasteiger partial charge in [0.2, 0.25) is 5.89 Å². The summed E-state index contributed by atoms with van der Waals surface area (Å²) in [7, 11) is 1.50. The Morgan fingerprint density at radius 3 is 2.62 bits per heavy atom. The standard InChI is InChI=1S/C23H21NO5/c1-4-8-18(23(25)26)17-11-12-20(21(13-17)27-3)28-14-19-15(2)29-22(24-19)16-9-6-5-7-10-16/h4-13H,1,14H2,2-3H3,(H,25,26)/b18-8+. The van der Waals surface area contributed by atoms with Gasteiger partial charge in [0.15, 0.2) is 11.5 Å². The summed E-state index contributed by atoms with van der Waals surface area (Å²) in [6.07, 6.45) is 2.86. The van der Waals surface area contributed by atoms with Gasteiger partial charge in [-0.05, 0) is 42.8 Å². The van der Waals surface area contributed by atoms with Gasteiger partial charge in [-0.15, -0.1) is 0 Å². The number of aryl methyl sites for hydroxylation is 1. The maximum Gasteiger partial charge on any atom is 0.336 e. The smallest absolute Gasteiger partial charge is 0.336 e. The van der Waals surface area contributed by atoms with Crippen LogP contribution in [-0.4, -0.2) is 23.2 Å². The average molecular weight is 391 g/mol. The first-order valence-corrected chi connectivity index (χ1v) is 8.92. The minimum absolute atomic E-state index is 0.115. The molecule has 0 aliphatic heterocycles. The summed E-state index contributed by atoms with van der Waals surface area (Å²) in [6.45, 7) is 5.57. The SMILES string of the molecule is C=C/C=C(/C(=O)O)c1ccc(OCc2nc(-c3ccccc3)oc2C)c(OC)c1. The lowest BCUT2D eigenvalue weighted by Gasteiger charge is -2.12. The molecule has 3 aromatic rings. The number of carbonyl (C=O) groups is 1. The molecule has 0 saturated heterocycles. The molecule has 0 radical (unpaired) electrons. The third-order valence-electron chi connectivity index (χ3n) is 4.27. The van der Waals surface area contributed by atoms with E-state index in [-0.39, 0.29) is 12.2 Å². The highest BCUT2D eigenvalue weighted by atomic mass is 16.5. The molecule has 0 aliphatic carbocycles. The summed E-state index contributed by atoms with van der Waals surface area (Å²) in [5.74, 6) is 1.05. The van der Waals surface area contributed by atoms with Crippen LogP contribution >= 0.6 is 0 Å². The molecule has 0 amide bonds. The fourth-order valence-corrected chi connectivity index (χ4v) is 2.78. The Labute approximate surface area is 168 Å². The van der Waals surface area contributed by atoms with E-state index in [1.807, 2.05) is 37.3 Å². The molecule has 0 spiro atoms. The summed E-state index contributed by atoms with van der Waals surface area (Å²) in [5, 5.41) is 9.36. The molecular weight excluding hydrogens is 370 g/mol. The van der Waals surface area contributed by atoms with Gasteiger partial charge in [0, 0.05) is 5.56 Å². The van der Waals surface area contributed by atoms with E-state index in [9.17, 15) is 9.90 Å². The summed E-state index contributed by atoms with van der Waals surface area (Å²) in [4.78, 5) is 15.9. The largest absolute Gasteiger partial charge is 0.493 e. The normalized spacial score (nSPS) is 11.2. The number of aliphatic carboxylic acids is 1. The number of oxazole rings is 1. The minimum Gasteiger partial charge on any atom is -0.493 e. The summed E-state index contributed by atoms with van der Waals surface area (Å²) < 4.78 is 17.0. The van der Waals surface area contributed by atoms with Crippen molar-refractivity contribution in [3.63, 3.8) is 0 Å². The van der Waals surface area contributed by atoms with Crippen molar-refractivity contribution in [2.24, 2.45) is 0 Å². The highest BCUT2D eigenvalue weighted by Gasteiger charge is 2.16. The van der Waals surface area contributed by atoms with Gasteiger partial charge >= 0.3 is 5.97 Å². The molecule has 2 aromatic carbocycles. The lowest BCUT2D eigenvalue weighted by molar-refractivity contribution is -0.130. The first kappa shape index (κ1) is 19.9. The van der Waals surface area contributed by atoms with Crippen molar-refractivity contribution < 1.29 is 23.8 Å². The van der Waals surface area contributed by atoms with E-state index in [0.29, 0.717) is 34.4 Å². The van der Waals surface area contributed by atoms with Crippen LogP contribution in [0.15, 0.2) is 71.7 Å². The number of carboxylic acid groups (broad SMARTS) is 1. The molecule has 1 aromatic heterocycles. The van der Waals surface area contributed by atoms with Crippen LogP contribution in [0.5, 0.6) is 11.5 Å². The lowest BCUT2D eigenvalue weighted by atomic mass is 10.0. The zero-order chi connectivity index (χ0) is 20.8. The lowest BCUT2D eigenvalue weighted by Crippen LogP contribution is -2.02. The Morgan fingerprint density at radius 1 is 1.21 bits per heavy atom. The number of nitrogens with zero attached hydrogens (tertiary/aromatic N) is 1. The number of ether oxygens (including phenoxy) is 2. The van der Waals surface area contributed by atoms with E-state index >= 15 is 0 Å². The van der Waals surface area contributed by atoms with Crippen LogP contribution in [0.3, 0.4) is 0 Å². The molecule has 3 rings (SSSR count). The first-order chi connectivity index (χ1) is 14.0. The maximum absolute atomic E-state index is 11.4. The molecule has 6 nitrogen and oxygen atoms in total. The molecule has 6 heteroatoms. The number of hydrogen-bond acceptors (Lipinski definition) is 5. The number of carboxylic acids is 1. The van der Waals surface area contributed by atoms with E-state index in [4.69, 9.17) is 13.9 Å². The maximum atomic E-state index is 11.4. The topological polar surface area (TPSA) is 81.8 Å². The third kappa shape index (κ3) is 4.55. The molecule has 0 fully saturated rings. The van der Waals surface area contributed by atoms with Crippen molar-refractivity contribution in [1.82, 2.24) is 4.98 Å². The van der Waals surface area contributed by atoms with Crippen LogP contribution in [0.2, 0.25) is 0 Å². The zero-order valence-corrected chi connectivity index (χ0v) is 16.2. The van der Waals surface area contributed by atoms with Crippen LogP contribution in [0.25, 0.3) is 17.0 Å². The predicted octanol–water partition coefficient (Wildman–Crippen LogP) is 4.89. The van der Waals surface area contributed by atoms with Crippen LogP contribution in [0.1, 0.15) is 17.0 Å². The molecule has 0 unspecified atom stereocenters. The van der Waals surface area contributed by atoms with Crippen molar-refractivity contribution in [3.8, 4) is 23.0 Å². The first-order valence-electron chi connectivity index (χ1n) is 8.92. The van der Waals surface area contributed by atoms with Gasteiger partial charge < -0.3 is 19.0 Å². The van der Waals surface area contributed by atoms with Gasteiger partial charge in [-0.3, -0.25) is 0 Å². The molecule has 148 valence electrons. The third-order valence-corrected chi connectivity index (χ3v) is 4.27. The number of allylic oxidation sites excluding steroid dienone is 2. The molecule has 0 atom stereocenters. The van der Waals surface area contributed by atoms with Gasteiger partial charge in [0.05, 0.1) is 12.7 Å². The van der Waals surface area contributed by atoms with E-state index in [0.717, 1.165) is 5.56 Å². The molecule has 0 saturated carbocycles. The number of aromatic nitrogens is 1. The highest BCUT2D eigenvalue weighted by molar-refractivity contribution is 6.15. The summed E-state index contributed by atoms with van der Waals surface area (Å²) >= 11 is 0. The Hall–Kier alpha value is -3.80. The number of benzene rings is 2. The van der Waals surface area contributed by atoms with E-state index in [1.165, 1.54) is 19.3 Å². The van der Waals surface area contributed by atoms with Crippen molar-refractivity contribution in [2.45, 2.75) is 13.5 Å². The van der Waals surface area contributed by atoms with Crippen molar-refractivity contribution in [1.29, 1.82) is 0 Å². The molecular formula is C23H21NO5. The van der Waals surface area contributed by atoms with Gasteiger partial charge in [-0.1, -0.05) is 36.9 Å². The number of methoxy groups -OCH3 is 1. The zero-order valence-electron chi connectivity index (χ0n) is 16.2. The Balaban J connectivity index is 1.81. The Morgan fingerprint density at radius 2 is 1.97 bits per heavy atom. The second-order valence-electron chi connectivity index (χ2n) is 6.16. The summed E-state index contributed by atoms with van der Waals surface area (Å²) in [5.41, 5.74) is 2.17. The molecule has 1 N–H and O–H groups in total. The second kappa shape index (κ2) is 8.93. The Bertz CT molecular complexity index is 1050. The van der Waals surface area contributed by atoms with Gasteiger partial charge in [0.1, 0.15) is 18.1 Å². The van der Waals surface area contributed by atoms with Gasteiger partial charge in [0.25, 0.3) is 0 Å². The highest BCUT2D eigenvalue weighted by Crippen LogP contribution is 2.32. The van der Waals surface area contributed by atoms with Crippen molar-refractivity contribution in [2.75, 3.05) is 7.11 Å². The van der Waals surface area contributed by atoms with E-state index in [2.05, 4.69) is 11.6 Å². The fourth-order valence-electron chi connectivity index (χ4n) is 2.78. The van der Waals surface area contributed by atoms with E-state index in [1.54, 1.807) is 18.2 Å².